The molecule has 0 saturated heterocycles. The number of hydrogen-bond donors (Lipinski definition) is 0. The largest absolute Gasteiger partial charge is 0.463 e. The number of hydrogen-bond acceptors (Lipinski definition) is 2. The molecule has 1 rings (SSSR count). The van der Waals surface area contributed by atoms with Gasteiger partial charge >= 0.3 is 5.97 Å². The molecule has 0 aromatic rings. The van der Waals surface area contributed by atoms with Crippen molar-refractivity contribution >= 4 is 17.6 Å². The molecular formula is C21H29ClO2. The van der Waals surface area contributed by atoms with Crippen molar-refractivity contribution in [1.29, 1.82) is 0 Å². The Morgan fingerprint density at radius 1 is 1.33 bits per heavy atom. The molecule has 1 aliphatic rings. The molecule has 0 N–H and O–H groups in total. The molecule has 1 aliphatic carbocycles. The highest BCUT2D eigenvalue weighted by atomic mass is 35.5. The zero-order valence-electron chi connectivity index (χ0n) is 15.5. The third-order valence-corrected chi connectivity index (χ3v) is 4.45. The predicted octanol–water partition coefficient (Wildman–Crippen LogP) is 6.26. The third-order valence-electron chi connectivity index (χ3n) is 4.20. The molecule has 0 aliphatic heterocycles. The number of carbonyl (C=O) groups is 1. The van der Waals surface area contributed by atoms with Gasteiger partial charge in [0.2, 0.25) is 0 Å². The van der Waals surface area contributed by atoms with Crippen LogP contribution in [0.3, 0.4) is 0 Å². The van der Waals surface area contributed by atoms with Gasteiger partial charge in [-0.2, -0.15) is 0 Å². The Labute approximate surface area is 151 Å². The molecule has 0 bridgehead atoms. The van der Waals surface area contributed by atoms with Gasteiger partial charge in [-0.3, -0.25) is 0 Å². The van der Waals surface area contributed by atoms with E-state index in [1.54, 1.807) is 6.92 Å². The molecule has 0 fully saturated rings. The van der Waals surface area contributed by atoms with Gasteiger partial charge in [0.25, 0.3) is 0 Å². The van der Waals surface area contributed by atoms with Crippen LogP contribution < -0.4 is 0 Å². The predicted molar refractivity (Wildman–Crippen MR) is 103 cm³/mol. The summed E-state index contributed by atoms with van der Waals surface area (Å²) in [6.45, 7) is 10.8. The monoisotopic (exact) mass is 348 g/mol. The minimum atomic E-state index is -0.323. The first-order valence-corrected chi connectivity index (χ1v) is 8.91. The molecule has 0 saturated carbocycles. The Hall–Kier alpha value is -1.54. The fraction of sp³-hybridized carbons (Fsp3) is 0.476. The lowest BCUT2D eigenvalue weighted by atomic mass is 9.73. The molecule has 0 aromatic carbocycles. The van der Waals surface area contributed by atoms with Crippen molar-refractivity contribution in [3.8, 4) is 0 Å². The topological polar surface area (TPSA) is 26.3 Å². The maximum absolute atomic E-state index is 11.3. The van der Waals surface area contributed by atoms with Gasteiger partial charge in [0.1, 0.15) is 0 Å². The SMILES string of the molecule is CCOC(=O)/C=C(C)/C=C/C=C(Cl)/C=C/C1=C(C)CCCC1(C)C. The van der Waals surface area contributed by atoms with E-state index in [0.29, 0.717) is 11.6 Å². The van der Waals surface area contributed by atoms with E-state index in [0.717, 1.165) is 5.57 Å². The van der Waals surface area contributed by atoms with Gasteiger partial charge in [-0.25, -0.2) is 4.79 Å². The highest BCUT2D eigenvalue weighted by Gasteiger charge is 2.26. The zero-order chi connectivity index (χ0) is 18.2. The maximum Gasteiger partial charge on any atom is 0.330 e. The zero-order valence-corrected chi connectivity index (χ0v) is 16.2. The lowest BCUT2D eigenvalue weighted by Crippen LogP contribution is -2.18. The fourth-order valence-corrected chi connectivity index (χ4v) is 3.07. The second-order valence-corrected chi connectivity index (χ2v) is 7.25. The van der Waals surface area contributed by atoms with E-state index in [9.17, 15) is 4.79 Å². The van der Waals surface area contributed by atoms with Crippen LogP contribution in [-0.2, 0) is 9.53 Å². The third kappa shape index (κ3) is 6.92. The Morgan fingerprint density at radius 3 is 2.67 bits per heavy atom. The van der Waals surface area contributed by atoms with E-state index < -0.39 is 0 Å². The smallest absolute Gasteiger partial charge is 0.330 e. The number of rotatable bonds is 6. The Morgan fingerprint density at radius 2 is 2.04 bits per heavy atom. The van der Waals surface area contributed by atoms with Crippen molar-refractivity contribution < 1.29 is 9.53 Å². The minimum absolute atomic E-state index is 0.213. The van der Waals surface area contributed by atoms with Gasteiger partial charge in [0, 0.05) is 11.1 Å². The molecule has 2 nitrogen and oxygen atoms in total. The van der Waals surface area contributed by atoms with E-state index in [1.807, 2.05) is 31.2 Å². The number of carbonyl (C=O) groups excluding carboxylic acids is 1. The standard InChI is InChI=1S/C21H29ClO2/c1-6-24-20(23)15-16(2)9-7-11-18(22)12-13-19-17(3)10-8-14-21(19,4)5/h7,9,11-13,15H,6,8,10,14H2,1-5H3/b9-7+,13-12+,16-15+,18-11-. The summed E-state index contributed by atoms with van der Waals surface area (Å²) in [5, 5.41) is 0.664. The first-order valence-electron chi connectivity index (χ1n) is 8.53. The molecule has 0 heterocycles. The number of esters is 1. The van der Waals surface area contributed by atoms with Crippen LogP contribution in [0.2, 0.25) is 0 Å². The van der Waals surface area contributed by atoms with Crippen LogP contribution in [0.1, 0.15) is 53.9 Å². The number of allylic oxidation sites excluding steroid dienone is 9. The minimum Gasteiger partial charge on any atom is -0.463 e. The van der Waals surface area contributed by atoms with Crippen molar-refractivity contribution in [2.45, 2.75) is 53.9 Å². The average molecular weight is 349 g/mol. The van der Waals surface area contributed by atoms with Crippen LogP contribution in [0.4, 0.5) is 0 Å². The Bertz CT molecular complexity index is 601. The maximum atomic E-state index is 11.3. The fourth-order valence-electron chi connectivity index (χ4n) is 2.94. The number of halogens is 1. The van der Waals surface area contributed by atoms with Crippen molar-refractivity contribution in [3.63, 3.8) is 0 Å². The van der Waals surface area contributed by atoms with Crippen LogP contribution in [0.15, 0.2) is 58.2 Å². The van der Waals surface area contributed by atoms with Crippen LogP contribution in [0.25, 0.3) is 0 Å². The van der Waals surface area contributed by atoms with Crippen LogP contribution in [0.5, 0.6) is 0 Å². The van der Waals surface area contributed by atoms with E-state index in [2.05, 4.69) is 26.8 Å². The van der Waals surface area contributed by atoms with Gasteiger partial charge in [-0.05, 0) is 68.7 Å². The van der Waals surface area contributed by atoms with Crippen molar-refractivity contribution in [2.75, 3.05) is 6.61 Å². The summed E-state index contributed by atoms with van der Waals surface area (Å²) in [5.41, 5.74) is 3.88. The quantitative estimate of drug-likeness (QED) is 0.322. The highest BCUT2D eigenvalue weighted by Crippen LogP contribution is 2.40. The summed E-state index contributed by atoms with van der Waals surface area (Å²) in [6.07, 6.45) is 14.7. The van der Waals surface area contributed by atoms with Gasteiger partial charge in [0.05, 0.1) is 6.61 Å². The van der Waals surface area contributed by atoms with Crippen molar-refractivity contribution in [3.05, 3.63) is 58.2 Å². The van der Waals surface area contributed by atoms with Crippen molar-refractivity contribution in [1.82, 2.24) is 0 Å². The molecule has 0 aromatic heterocycles. The van der Waals surface area contributed by atoms with Gasteiger partial charge in [-0.1, -0.05) is 49.2 Å². The van der Waals surface area contributed by atoms with Crippen LogP contribution in [0, 0.1) is 5.41 Å². The second kappa shape index (κ2) is 9.68. The van der Waals surface area contributed by atoms with Crippen LogP contribution >= 0.6 is 11.6 Å². The Balaban J connectivity index is 2.73. The van der Waals surface area contributed by atoms with E-state index in [1.165, 1.54) is 36.5 Å². The molecular weight excluding hydrogens is 320 g/mol. The summed E-state index contributed by atoms with van der Waals surface area (Å²) in [5.74, 6) is -0.323. The van der Waals surface area contributed by atoms with Gasteiger partial charge < -0.3 is 4.74 Å². The Kier molecular flexibility index (Phi) is 8.27. The molecule has 3 heteroatoms. The lowest BCUT2D eigenvalue weighted by molar-refractivity contribution is -0.137. The van der Waals surface area contributed by atoms with E-state index >= 15 is 0 Å². The first kappa shape index (κ1) is 20.5. The van der Waals surface area contributed by atoms with E-state index in [4.69, 9.17) is 16.3 Å². The summed E-state index contributed by atoms with van der Waals surface area (Å²) < 4.78 is 4.87. The molecule has 0 radical (unpaired) electrons. The second-order valence-electron chi connectivity index (χ2n) is 6.82. The summed E-state index contributed by atoms with van der Waals surface area (Å²) in [4.78, 5) is 11.3. The van der Waals surface area contributed by atoms with E-state index in [-0.39, 0.29) is 11.4 Å². The number of ether oxygens (including phenoxy) is 1. The van der Waals surface area contributed by atoms with Crippen LogP contribution in [-0.4, -0.2) is 12.6 Å². The molecule has 132 valence electrons. The molecule has 0 atom stereocenters. The summed E-state index contributed by atoms with van der Waals surface area (Å²) in [6, 6.07) is 0. The molecule has 24 heavy (non-hydrogen) atoms. The van der Waals surface area contributed by atoms with Gasteiger partial charge in [0.15, 0.2) is 0 Å². The average Bonchev–Trinajstić information content (AvgIpc) is 2.46. The molecule has 0 spiro atoms. The highest BCUT2D eigenvalue weighted by molar-refractivity contribution is 6.31. The summed E-state index contributed by atoms with van der Waals surface area (Å²) >= 11 is 6.27. The summed E-state index contributed by atoms with van der Waals surface area (Å²) in [7, 11) is 0. The van der Waals surface area contributed by atoms with Gasteiger partial charge in [-0.15, -0.1) is 0 Å². The lowest BCUT2D eigenvalue weighted by Gasteiger charge is -2.32. The molecule has 0 amide bonds. The molecule has 0 unspecified atom stereocenters. The first-order chi connectivity index (χ1) is 11.3. The van der Waals surface area contributed by atoms with Crippen molar-refractivity contribution in [2.24, 2.45) is 5.41 Å². The normalized spacial score (nSPS) is 19.4.